The fourth-order valence-corrected chi connectivity index (χ4v) is 3.76. The van der Waals surface area contributed by atoms with E-state index in [2.05, 4.69) is 4.98 Å². The average molecular weight is 385 g/mol. The van der Waals surface area contributed by atoms with E-state index in [0.717, 1.165) is 0 Å². The Labute approximate surface area is 160 Å². The predicted molar refractivity (Wildman–Crippen MR) is 99.6 cm³/mol. The van der Waals surface area contributed by atoms with Crippen molar-refractivity contribution in [3.05, 3.63) is 64.3 Å². The molecule has 7 nitrogen and oxygen atoms in total. The van der Waals surface area contributed by atoms with Gasteiger partial charge in [0.25, 0.3) is 11.8 Å². The zero-order valence-corrected chi connectivity index (χ0v) is 15.2. The molecule has 1 spiro atoms. The molecule has 2 aliphatic heterocycles. The third kappa shape index (κ3) is 3.55. The molecule has 2 aromatic rings. The van der Waals surface area contributed by atoms with E-state index in [0.29, 0.717) is 38.2 Å². The predicted octanol–water partition coefficient (Wildman–Crippen LogP) is 1.55. The molecule has 146 valence electrons. The second kappa shape index (κ2) is 7.20. The number of amides is 2. The van der Waals surface area contributed by atoms with Crippen LogP contribution in [0, 0.1) is 5.82 Å². The number of piperidine rings is 1. The number of halogens is 1. The Morgan fingerprint density at radius 3 is 2.57 bits per heavy atom. The Morgan fingerprint density at radius 1 is 1.11 bits per heavy atom. The highest BCUT2D eigenvalue weighted by atomic mass is 19.1. The van der Waals surface area contributed by atoms with Crippen molar-refractivity contribution in [2.45, 2.75) is 18.4 Å². The number of ether oxygens (including phenoxy) is 1. The third-order valence-corrected chi connectivity index (χ3v) is 5.33. The smallest absolute Gasteiger partial charge is 0.270 e. The molecule has 0 unspecified atom stereocenters. The summed E-state index contributed by atoms with van der Waals surface area (Å²) in [5.74, 6) is -0.846. The first-order valence-corrected chi connectivity index (χ1v) is 9.14. The van der Waals surface area contributed by atoms with Gasteiger partial charge in [0.05, 0.1) is 12.1 Å². The lowest BCUT2D eigenvalue weighted by molar-refractivity contribution is -0.143. The number of nitrogens with zero attached hydrogens (tertiary/aromatic N) is 2. The van der Waals surface area contributed by atoms with Crippen molar-refractivity contribution in [2.75, 3.05) is 31.1 Å². The number of hydrogen-bond acceptors (Lipinski definition) is 4. The number of morpholine rings is 1. The molecule has 0 bridgehead atoms. The van der Waals surface area contributed by atoms with Crippen molar-refractivity contribution < 1.29 is 18.7 Å². The van der Waals surface area contributed by atoms with Crippen molar-refractivity contribution in [1.29, 1.82) is 0 Å². The zero-order chi connectivity index (χ0) is 19.7. The van der Waals surface area contributed by atoms with Crippen LogP contribution in [0.2, 0.25) is 0 Å². The van der Waals surface area contributed by atoms with E-state index in [1.807, 2.05) is 0 Å². The zero-order valence-electron chi connectivity index (χ0n) is 15.2. The van der Waals surface area contributed by atoms with Crippen molar-refractivity contribution in [1.82, 2.24) is 9.88 Å². The second-order valence-corrected chi connectivity index (χ2v) is 7.15. The SMILES string of the molecule is O=C(c1cccc(=O)[nH]1)N1CCC2(CC1)CN(c1cccc(F)c1)C(=O)CO2. The van der Waals surface area contributed by atoms with Gasteiger partial charge in [-0.25, -0.2) is 4.39 Å². The number of pyridine rings is 1. The van der Waals surface area contributed by atoms with Gasteiger partial charge in [0, 0.05) is 24.8 Å². The Balaban J connectivity index is 1.46. The van der Waals surface area contributed by atoms with Crippen molar-refractivity contribution in [3.63, 3.8) is 0 Å². The molecule has 2 fully saturated rings. The maximum absolute atomic E-state index is 13.6. The van der Waals surface area contributed by atoms with Gasteiger partial charge in [0.1, 0.15) is 18.1 Å². The number of aromatic nitrogens is 1. The topological polar surface area (TPSA) is 82.7 Å². The van der Waals surface area contributed by atoms with Crippen LogP contribution < -0.4 is 10.5 Å². The van der Waals surface area contributed by atoms with Crippen LogP contribution in [0.5, 0.6) is 0 Å². The lowest BCUT2D eigenvalue weighted by Gasteiger charge is -2.46. The molecule has 2 amide bonds. The Kier molecular flexibility index (Phi) is 4.72. The van der Waals surface area contributed by atoms with Crippen LogP contribution in [0.3, 0.4) is 0 Å². The molecule has 0 saturated carbocycles. The number of nitrogens with one attached hydrogen (secondary N) is 1. The summed E-state index contributed by atoms with van der Waals surface area (Å²) < 4.78 is 19.4. The standard InChI is InChI=1S/C20H20FN3O4/c21-14-3-1-4-15(11-14)24-13-20(28-12-18(24)26)7-9-23(10-8-20)19(27)16-5-2-6-17(25)22-16/h1-6,11H,7-10,12-13H2,(H,22,25). The number of hydrogen-bond donors (Lipinski definition) is 1. The maximum Gasteiger partial charge on any atom is 0.270 e. The van der Waals surface area contributed by atoms with E-state index >= 15 is 0 Å². The number of rotatable bonds is 2. The van der Waals surface area contributed by atoms with Gasteiger partial charge in [-0.15, -0.1) is 0 Å². The minimum atomic E-state index is -0.568. The Hall–Kier alpha value is -3.00. The van der Waals surface area contributed by atoms with E-state index in [-0.39, 0.29) is 29.7 Å². The lowest BCUT2D eigenvalue weighted by Crippen LogP contribution is -2.59. The van der Waals surface area contributed by atoms with Crippen LogP contribution in [0.15, 0.2) is 47.3 Å². The summed E-state index contributed by atoms with van der Waals surface area (Å²) in [7, 11) is 0. The third-order valence-electron chi connectivity index (χ3n) is 5.33. The number of aromatic amines is 1. The Bertz CT molecular complexity index is 966. The molecule has 1 aromatic heterocycles. The number of anilines is 1. The molecule has 2 aliphatic rings. The molecule has 0 radical (unpaired) electrons. The van der Waals surface area contributed by atoms with Crippen LogP contribution >= 0.6 is 0 Å². The first-order chi connectivity index (χ1) is 13.5. The van der Waals surface area contributed by atoms with Crippen LogP contribution in [-0.4, -0.2) is 53.5 Å². The minimum Gasteiger partial charge on any atom is -0.363 e. The van der Waals surface area contributed by atoms with Gasteiger partial charge in [0.15, 0.2) is 0 Å². The second-order valence-electron chi connectivity index (χ2n) is 7.15. The summed E-state index contributed by atoms with van der Waals surface area (Å²) >= 11 is 0. The number of H-pyrrole nitrogens is 1. The van der Waals surface area contributed by atoms with Gasteiger partial charge < -0.3 is 19.5 Å². The molecule has 2 saturated heterocycles. The van der Waals surface area contributed by atoms with Crippen molar-refractivity contribution in [2.24, 2.45) is 0 Å². The fraction of sp³-hybridized carbons (Fsp3) is 0.350. The minimum absolute atomic E-state index is 0.0730. The Morgan fingerprint density at radius 2 is 1.86 bits per heavy atom. The van der Waals surface area contributed by atoms with Crippen LogP contribution in [0.4, 0.5) is 10.1 Å². The van der Waals surface area contributed by atoms with E-state index in [9.17, 15) is 18.8 Å². The molecule has 28 heavy (non-hydrogen) atoms. The largest absolute Gasteiger partial charge is 0.363 e. The number of benzene rings is 1. The van der Waals surface area contributed by atoms with Crippen molar-refractivity contribution in [3.8, 4) is 0 Å². The first kappa shape index (κ1) is 18.4. The van der Waals surface area contributed by atoms with Crippen LogP contribution in [0.25, 0.3) is 0 Å². The molecule has 8 heteroatoms. The highest BCUT2D eigenvalue weighted by molar-refractivity contribution is 5.95. The average Bonchev–Trinajstić information content (AvgIpc) is 2.70. The molecule has 1 aromatic carbocycles. The fourth-order valence-electron chi connectivity index (χ4n) is 3.76. The van der Waals surface area contributed by atoms with Gasteiger partial charge in [-0.2, -0.15) is 0 Å². The molecular formula is C20H20FN3O4. The summed E-state index contributed by atoms with van der Waals surface area (Å²) in [4.78, 5) is 42.1. The van der Waals surface area contributed by atoms with Gasteiger partial charge in [-0.05, 0) is 37.1 Å². The number of carbonyl (C=O) groups excluding carboxylic acids is 2. The highest BCUT2D eigenvalue weighted by Crippen LogP contribution is 2.33. The summed E-state index contributed by atoms with van der Waals surface area (Å²) in [6.45, 7) is 1.14. The normalized spacial score (nSPS) is 19.1. The lowest BCUT2D eigenvalue weighted by atomic mass is 9.89. The van der Waals surface area contributed by atoms with Gasteiger partial charge in [0.2, 0.25) is 5.56 Å². The van der Waals surface area contributed by atoms with Gasteiger partial charge in [-0.3, -0.25) is 14.4 Å². The van der Waals surface area contributed by atoms with Gasteiger partial charge in [-0.1, -0.05) is 12.1 Å². The number of likely N-dealkylation sites (tertiary alicyclic amines) is 1. The molecular weight excluding hydrogens is 365 g/mol. The molecule has 1 N–H and O–H groups in total. The monoisotopic (exact) mass is 385 g/mol. The summed E-state index contributed by atoms with van der Waals surface area (Å²) in [5, 5.41) is 0. The van der Waals surface area contributed by atoms with Gasteiger partial charge >= 0.3 is 0 Å². The molecule has 0 atom stereocenters. The van der Waals surface area contributed by atoms with Crippen LogP contribution in [0.1, 0.15) is 23.3 Å². The summed E-state index contributed by atoms with van der Waals surface area (Å²) in [5.41, 5.74) is -0.127. The summed E-state index contributed by atoms with van der Waals surface area (Å²) in [6, 6.07) is 10.4. The van der Waals surface area contributed by atoms with Crippen LogP contribution in [-0.2, 0) is 9.53 Å². The van der Waals surface area contributed by atoms with E-state index in [1.165, 1.54) is 18.2 Å². The highest BCUT2D eigenvalue weighted by Gasteiger charge is 2.43. The first-order valence-electron chi connectivity index (χ1n) is 9.14. The summed E-state index contributed by atoms with van der Waals surface area (Å²) in [6.07, 6.45) is 1.10. The molecule has 4 rings (SSSR count). The van der Waals surface area contributed by atoms with Crippen molar-refractivity contribution >= 4 is 17.5 Å². The van der Waals surface area contributed by atoms with E-state index in [1.54, 1.807) is 34.1 Å². The molecule has 3 heterocycles. The maximum atomic E-state index is 13.6. The number of carbonyl (C=O) groups is 2. The van der Waals surface area contributed by atoms with E-state index in [4.69, 9.17) is 4.74 Å². The van der Waals surface area contributed by atoms with E-state index < -0.39 is 11.4 Å². The molecule has 0 aliphatic carbocycles. The quantitative estimate of drug-likeness (QED) is 0.850.